The number of carbonyl (C=O) groups is 1. The van der Waals surface area contributed by atoms with Gasteiger partial charge in [0.2, 0.25) is 11.8 Å². The number of nitrogens with two attached hydrogens (primary N) is 1. The van der Waals surface area contributed by atoms with Crippen LogP contribution in [-0.4, -0.2) is 15.9 Å². The SMILES string of the molecule is CCc1cnc(CNC(=O)C2(C(N)=S)CC(C)C2)o1. The van der Waals surface area contributed by atoms with Crippen LogP contribution in [0.4, 0.5) is 0 Å². The Morgan fingerprint density at radius 3 is 2.84 bits per heavy atom. The zero-order valence-electron chi connectivity index (χ0n) is 11.2. The average molecular weight is 281 g/mol. The molecule has 0 aliphatic heterocycles. The monoisotopic (exact) mass is 281 g/mol. The van der Waals surface area contributed by atoms with Gasteiger partial charge in [-0.3, -0.25) is 4.79 Å². The quantitative estimate of drug-likeness (QED) is 0.800. The van der Waals surface area contributed by atoms with Crippen LogP contribution >= 0.6 is 12.2 Å². The van der Waals surface area contributed by atoms with E-state index in [1.807, 2.05) is 6.92 Å². The fraction of sp³-hybridized carbons (Fsp3) is 0.615. The van der Waals surface area contributed by atoms with Crippen LogP contribution in [0.15, 0.2) is 10.6 Å². The first-order valence-electron chi connectivity index (χ1n) is 6.49. The van der Waals surface area contributed by atoms with Gasteiger partial charge in [-0.05, 0) is 18.8 Å². The van der Waals surface area contributed by atoms with Crippen molar-refractivity contribution in [3.05, 3.63) is 17.8 Å². The van der Waals surface area contributed by atoms with Crippen LogP contribution in [0.25, 0.3) is 0 Å². The summed E-state index contributed by atoms with van der Waals surface area (Å²) < 4.78 is 5.44. The third-order valence-electron chi connectivity index (χ3n) is 3.65. The minimum atomic E-state index is -0.672. The van der Waals surface area contributed by atoms with Gasteiger partial charge in [0.15, 0.2) is 0 Å². The van der Waals surface area contributed by atoms with Crippen LogP contribution in [0.1, 0.15) is 38.3 Å². The van der Waals surface area contributed by atoms with E-state index in [4.69, 9.17) is 22.4 Å². The number of nitrogens with one attached hydrogen (secondary N) is 1. The van der Waals surface area contributed by atoms with Crippen molar-refractivity contribution in [2.24, 2.45) is 17.1 Å². The minimum Gasteiger partial charge on any atom is -0.444 e. The Bertz CT molecular complexity index is 492. The molecule has 1 amide bonds. The lowest BCUT2D eigenvalue weighted by atomic mass is 9.62. The van der Waals surface area contributed by atoms with Crippen LogP contribution in [0.5, 0.6) is 0 Å². The highest BCUT2D eigenvalue weighted by atomic mass is 32.1. The summed E-state index contributed by atoms with van der Waals surface area (Å²) >= 11 is 5.04. The Balaban J connectivity index is 1.95. The molecule has 1 heterocycles. The van der Waals surface area contributed by atoms with Gasteiger partial charge in [0, 0.05) is 6.42 Å². The molecular formula is C13H19N3O2S. The summed E-state index contributed by atoms with van der Waals surface area (Å²) in [5.41, 5.74) is 5.05. The van der Waals surface area contributed by atoms with Gasteiger partial charge >= 0.3 is 0 Å². The Morgan fingerprint density at radius 1 is 1.68 bits per heavy atom. The van der Waals surface area contributed by atoms with Gasteiger partial charge in [-0.2, -0.15) is 0 Å². The van der Waals surface area contributed by atoms with Crippen LogP contribution in [0.3, 0.4) is 0 Å². The number of thiocarbonyl (C=S) groups is 1. The molecule has 0 radical (unpaired) electrons. The fourth-order valence-corrected chi connectivity index (χ4v) is 2.81. The van der Waals surface area contributed by atoms with Crippen molar-refractivity contribution in [2.45, 2.75) is 39.7 Å². The van der Waals surface area contributed by atoms with E-state index in [0.29, 0.717) is 11.8 Å². The molecule has 3 N–H and O–H groups in total. The zero-order chi connectivity index (χ0) is 14.0. The van der Waals surface area contributed by atoms with Crippen LogP contribution in [0, 0.1) is 11.3 Å². The summed E-state index contributed by atoms with van der Waals surface area (Å²) in [6.45, 7) is 4.35. The minimum absolute atomic E-state index is 0.116. The van der Waals surface area contributed by atoms with Gasteiger partial charge in [-0.15, -0.1) is 0 Å². The predicted molar refractivity (Wildman–Crippen MR) is 75.3 cm³/mol. The molecule has 1 aromatic heterocycles. The Kier molecular flexibility index (Phi) is 3.89. The molecule has 0 unspecified atom stereocenters. The Labute approximate surface area is 117 Å². The van der Waals surface area contributed by atoms with Crippen molar-refractivity contribution < 1.29 is 9.21 Å². The number of oxazole rings is 1. The number of nitrogens with zero attached hydrogens (tertiary/aromatic N) is 1. The molecule has 1 aromatic rings. The molecule has 104 valence electrons. The van der Waals surface area contributed by atoms with Gasteiger partial charge in [0.1, 0.15) is 5.76 Å². The van der Waals surface area contributed by atoms with Gasteiger partial charge in [0.25, 0.3) is 0 Å². The summed E-state index contributed by atoms with van der Waals surface area (Å²) in [4.78, 5) is 16.6. The van der Waals surface area contributed by atoms with Crippen molar-refractivity contribution in [3.63, 3.8) is 0 Å². The molecular weight excluding hydrogens is 262 g/mol. The molecule has 19 heavy (non-hydrogen) atoms. The average Bonchev–Trinajstić information content (AvgIpc) is 2.79. The van der Waals surface area contributed by atoms with Crippen molar-refractivity contribution >= 4 is 23.1 Å². The second kappa shape index (κ2) is 5.28. The topological polar surface area (TPSA) is 81.2 Å². The number of hydrogen-bond donors (Lipinski definition) is 2. The fourth-order valence-electron chi connectivity index (χ4n) is 2.55. The number of rotatable bonds is 5. The lowest BCUT2D eigenvalue weighted by Crippen LogP contribution is -2.55. The van der Waals surface area contributed by atoms with E-state index >= 15 is 0 Å². The van der Waals surface area contributed by atoms with E-state index in [2.05, 4.69) is 17.2 Å². The predicted octanol–water partition coefficient (Wildman–Crippen LogP) is 1.56. The highest BCUT2D eigenvalue weighted by Crippen LogP contribution is 2.45. The number of amides is 1. The Hall–Kier alpha value is -1.43. The van der Waals surface area contributed by atoms with E-state index in [-0.39, 0.29) is 17.4 Å². The van der Waals surface area contributed by atoms with Gasteiger partial charge in [-0.25, -0.2) is 4.98 Å². The molecule has 1 saturated carbocycles. The molecule has 6 heteroatoms. The summed E-state index contributed by atoms with van der Waals surface area (Å²) in [6, 6.07) is 0. The van der Waals surface area contributed by atoms with E-state index in [9.17, 15) is 4.79 Å². The number of carbonyl (C=O) groups excluding carboxylic acids is 1. The summed E-state index contributed by atoms with van der Waals surface area (Å²) in [7, 11) is 0. The van der Waals surface area contributed by atoms with E-state index < -0.39 is 5.41 Å². The summed E-state index contributed by atoms with van der Waals surface area (Å²) in [5.74, 6) is 1.69. The van der Waals surface area contributed by atoms with Crippen molar-refractivity contribution in [3.8, 4) is 0 Å². The van der Waals surface area contributed by atoms with Crippen LogP contribution in [-0.2, 0) is 17.8 Å². The van der Waals surface area contributed by atoms with E-state index in [0.717, 1.165) is 25.0 Å². The third kappa shape index (κ3) is 2.63. The highest BCUT2D eigenvalue weighted by Gasteiger charge is 2.50. The molecule has 0 bridgehead atoms. The smallest absolute Gasteiger partial charge is 0.233 e. The molecule has 0 aromatic carbocycles. The summed E-state index contributed by atoms with van der Waals surface area (Å²) in [5, 5.41) is 2.82. The third-order valence-corrected chi connectivity index (χ3v) is 4.04. The zero-order valence-corrected chi connectivity index (χ0v) is 12.0. The molecule has 5 nitrogen and oxygen atoms in total. The second-order valence-corrected chi connectivity index (χ2v) is 5.66. The molecule has 0 saturated heterocycles. The van der Waals surface area contributed by atoms with Crippen LogP contribution in [0.2, 0.25) is 0 Å². The molecule has 1 fully saturated rings. The molecule has 0 atom stereocenters. The van der Waals surface area contributed by atoms with Gasteiger partial charge in [0.05, 0.1) is 23.1 Å². The van der Waals surface area contributed by atoms with Crippen molar-refractivity contribution in [1.29, 1.82) is 0 Å². The first-order chi connectivity index (χ1) is 8.98. The van der Waals surface area contributed by atoms with E-state index in [1.165, 1.54) is 0 Å². The number of hydrogen-bond acceptors (Lipinski definition) is 4. The summed E-state index contributed by atoms with van der Waals surface area (Å²) in [6.07, 6.45) is 3.91. The van der Waals surface area contributed by atoms with Gasteiger partial charge < -0.3 is 15.5 Å². The largest absolute Gasteiger partial charge is 0.444 e. The van der Waals surface area contributed by atoms with Gasteiger partial charge in [-0.1, -0.05) is 26.1 Å². The standard InChI is InChI=1S/C13H19N3O2S/c1-3-9-6-15-10(18-9)7-16-12(17)13(11(14)19)4-8(2)5-13/h6,8H,3-5,7H2,1-2H3,(H2,14,19)(H,16,17). The first-order valence-corrected chi connectivity index (χ1v) is 6.90. The molecule has 0 spiro atoms. The number of aryl methyl sites for hydroxylation is 1. The van der Waals surface area contributed by atoms with E-state index in [1.54, 1.807) is 6.20 Å². The maximum Gasteiger partial charge on any atom is 0.233 e. The molecule has 1 aliphatic carbocycles. The first kappa shape index (κ1) is 14.0. The maximum absolute atomic E-state index is 12.2. The van der Waals surface area contributed by atoms with Crippen molar-refractivity contribution in [1.82, 2.24) is 10.3 Å². The Morgan fingerprint density at radius 2 is 2.37 bits per heavy atom. The normalized spacial score (nSPS) is 25.7. The van der Waals surface area contributed by atoms with Crippen molar-refractivity contribution in [2.75, 3.05) is 0 Å². The molecule has 2 rings (SSSR count). The number of aromatic nitrogens is 1. The molecule has 1 aliphatic rings. The highest BCUT2D eigenvalue weighted by molar-refractivity contribution is 7.80. The lowest BCUT2D eigenvalue weighted by Gasteiger charge is -2.43. The maximum atomic E-state index is 12.2. The second-order valence-electron chi connectivity index (χ2n) is 5.22. The van der Waals surface area contributed by atoms with Crippen LogP contribution < -0.4 is 11.1 Å². The lowest BCUT2D eigenvalue weighted by molar-refractivity contribution is -0.133.